The summed E-state index contributed by atoms with van der Waals surface area (Å²) in [6.45, 7) is 2.01. The third-order valence-electron chi connectivity index (χ3n) is 2.70. The Hall–Kier alpha value is -1.99. The second kappa shape index (κ2) is 5.11. The lowest BCUT2D eigenvalue weighted by Gasteiger charge is -2.12. The molecule has 2 rings (SSSR count). The SMILES string of the molecule is Cc1ccc(Br)cc1Nc1cccc(C#N)c1N. The molecule has 0 aromatic heterocycles. The number of benzene rings is 2. The Morgan fingerprint density at radius 2 is 2.00 bits per heavy atom. The van der Waals surface area contributed by atoms with Crippen LogP contribution in [0.4, 0.5) is 17.1 Å². The van der Waals surface area contributed by atoms with Crippen LogP contribution < -0.4 is 11.1 Å². The van der Waals surface area contributed by atoms with Crippen LogP contribution in [0.3, 0.4) is 0 Å². The number of nitrogens with two attached hydrogens (primary N) is 1. The third kappa shape index (κ3) is 2.47. The lowest BCUT2D eigenvalue weighted by atomic mass is 10.1. The minimum atomic E-state index is 0.472. The van der Waals surface area contributed by atoms with Crippen molar-refractivity contribution in [1.82, 2.24) is 0 Å². The molecule has 4 heteroatoms. The van der Waals surface area contributed by atoms with Crippen LogP contribution in [0, 0.1) is 18.3 Å². The van der Waals surface area contributed by atoms with Crippen LogP contribution in [0.5, 0.6) is 0 Å². The number of anilines is 3. The van der Waals surface area contributed by atoms with Gasteiger partial charge in [-0.3, -0.25) is 0 Å². The fraction of sp³-hybridized carbons (Fsp3) is 0.0714. The van der Waals surface area contributed by atoms with E-state index in [9.17, 15) is 0 Å². The van der Waals surface area contributed by atoms with Crippen molar-refractivity contribution in [2.75, 3.05) is 11.1 Å². The van der Waals surface area contributed by atoms with Gasteiger partial charge in [0.15, 0.2) is 0 Å². The van der Waals surface area contributed by atoms with Crippen molar-refractivity contribution in [3.63, 3.8) is 0 Å². The van der Waals surface area contributed by atoms with Gasteiger partial charge in [-0.25, -0.2) is 0 Å². The van der Waals surface area contributed by atoms with Crippen LogP contribution in [0.1, 0.15) is 11.1 Å². The molecular weight excluding hydrogens is 290 g/mol. The third-order valence-corrected chi connectivity index (χ3v) is 3.19. The summed E-state index contributed by atoms with van der Waals surface area (Å²) in [6, 6.07) is 13.4. The van der Waals surface area contributed by atoms with Crippen molar-refractivity contribution >= 4 is 33.0 Å². The Labute approximate surface area is 114 Å². The van der Waals surface area contributed by atoms with Crippen molar-refractivity contribution in [2.24, 2.45) is 0 Å². The second-order valence-corrected chi connectivity index (χ2v) is 4.88. The molecule has 3 nitrogen and oxygen atoms in total. The zero-order valence-corrected chi connectivity index (χ0v) is 11.5. The van der Waals surface area contributed by atoms with Gasteiger partial charge in [0.1, 0.15) is 6.07 Å². The first-order chi connectivity index (χ1) is 8.61. The molecule has 0 atom stereocenters. The van der Waals surface area contributed by atoms with E-state index in [4.69, 9.17) is 11.0 Å². The van der Waals surface area contributed by atoms with E-state index in [2.05, 4.69) is 27.3 Å². The van der Waals surface area contributed by atoms with Crippen LogP contribution in [0.25, 0.3) is 0 Å². The Balaban J connectivity index is 2.41. The van der Waals surface area contributed by atoms with Crippen LogP contribution in [-0.2, 0) is 0 Å². The number of para-hydroxylation sites is 1. The molecule has 0 radical (unpaired) electrons. The molecule has 0 spiro atoms. The number of nitrogen functional groups attached to an aromatic ring is 1. The van der Waals surface area contributed by atoms with Gasteiger partial charge >= 0.3 is 0 Å². The van der Waals surface area contributed by atoms with Crippen molar-refractivity contribution in [1.29, 1.82) is 5.26 Å². The van der Waals surface area contributed by atoms with Gasteiger partial charge in [0.25, 0.3) is 0 Å². The minimum Gasteiger partial charge on any atom is -0.396 e. The van der Waals surface area contributed by atoms with Gasteiger partial charge in [-0.1, -0.05) is 28.1 Å². The standard InChI is InChI=1S/C14H12BrN3/c1-9-5-6-11(15)7-13(9)18-12-4-2-3-10(8-16)14(12)17/h2-7,18H,17H2,1H3. The van der Waals surface area contributed by atoms with E-state index >= 15 is 0 Å². The molecule has 0 aliphatic rings. The van der Waals surface area contributed by atoms with E-state index in [0.717, 1.165) is 21.4 Å². The summed E-state index contributed by atoms with van der Waals surface area (Å²) >= 11 is 3.43. The fourth-order valence-corrected chi connectivity index (χ4v) is 2.01. The molecule has 2 aromatic carbocycles. The monoisotopic (exact) mass is 301 g/mol. The first-order valence-electron chi connectivity index (χ1n) is 5.43. The van der Waals surface area contributed by atoms with Crippen molar-refractivity contribution in [3.05, 3.63) is 52.0 Å². The molecule has 90 valence electrons. The maximum atomic E-state index is 8.94. The molecule has 0 saturated heterocycles. The number of aryl methyl sites for hydroxylation is 1. The molecule has 0 fully saturated rings. The van der Waals surface area contributed by atoms with E-state index in [0.29, 0.717) is 11.3 Å². The highest BCUT2D eigenvalue weighted by molar-refractivity contribution is 9.10. The first-order valence-corrected chi connectivity index (χ1v) is 6.23. The lowest BCUT2D eigenvalue weighted by molar-refractivity contribution is 1.41. The van der Waals surface area contributed by atoms with E-state index < -0.39 is 0 Å². The first kappa shape index (κ1) is 12.5. The summed E-state index contributed by atoms with van der Waals surface area (Å²) in [6.07, 6.45) is 0. The number of halogens is 1. The van der Waals surface area contributed by atoms with Gasteiger partial charge in [0, 0.05) is 10.2 Å². The van der Waals surface area contributed by atoms with Crippen LogP contribution >= 0.6 is 15.9 Å². The molecule has 0 aliphatic carbocycles. The van der Waals surface area contributed by atoms with Crippen LogP contribution in [0.2, 0.25) is 0 Å². The molecule has 3 N–H and O–H groups in total. The van der Waals surface area contributed by atoms with E-state index in [-0.39, 0.29) is 0 Å². The van der Waals surface area contributed by atoms with Crippen molar-refractivity contribution in [3.8, 4) is 6.07 Å². The fourth-order valence-electron chi connectivity index (χ4n) is 1.65. The van der Waals surface area contributed by atoms with Gasteiger partial charge in [0.05, 0.1) is 16.9 Å². The average Bonchev–Trinajstić information content (AvgIpc) is 2.36. The van der Waals surface area contributed by atoms with Gasteiger partial charge in [-0.05, 0) is 36.8 Å². The van der Waals surface area contributed by atoms with Crippen LogP contribution in [0.15, 0.2) is 40.9 Å². The van der Waals surface area contributed by atoms with Gasteiger partial charge < -0.3 is 11.1 Å². The van der Waals surface area contributed by atoms with Crippen LogP contribution in [-0.4, -0.2) is 0 Å². The van der Waals surface area contributed by atoms with E-state index in [1.165, 1.54) is 0 Å². The number of nitrogens with zero attached hydrogens (tertiary/aromatic N) is 1. The number of rotatable bonds is 2. The predicted octanol–water partition coefficient (Wildman–Crippen LogP) is 3.96. The molecule has 18 heavy (non-hydrogen) atoms. The van der Waals surface area contributed by atoms with Crippen molar-refractivity contribution in [2.45, 2.75) is 6.92 Å². The Bertz CT molecular complexity index is 629. The number of nitrogens with one attached hydrogen (secondary N) is 1. The van der Waals surface area contributed by atoms with E-state index in [1.54, 1.807) is 6.07 Å². The molecule has 0 unspecified atom stereocenters. The van der Waals surface area contributed by atoms with Gasteiger partial charge in [-0.2, -0.15) is 5.26 Å². The highest BCUT2D eigenvalue weighted by Gasteiger charge is 2.06. The summed E-state index contributed by atoms with van der Waals surface area (Å²) < 4.78 is 0.991. The Morgan fingerprint density at radius 1 is 1.22 bits per heavy atom. The molecular formula is C14H12BrN3. The lowest BCUT2D eigenvalue weighted by Crippen LogP contribution is -1.99. The number of nitriles is 1. The normalized spacial score (nSPS) is 9.83. The largest absolute Gasteiger partial charge is 0.396 e. The summed E-state index contributed by atoms with van der Waals surface area (Å²) in [5.41, 5.74) is 9.70. The van der Waals surface area contributed by atoms with Gasteiger partial charge in [0.2, 0.25) is 0 Å². The highest BCUT2D eigenvalue weighted by Crippen LogP contribution is 2.29. The summed E-state index contributed by atoms with van der Waals surface area (Å²) in [4.78, 5) is 0. The molecule has 0 bridgehead atoms. The van der Waals surface area contributed by atoms with E-state index in [1.807, 2.05) is 37.3 Å². The molecule has 0 amide bonds. The molecule has 0 heterocycles. The smallest absolute Gasteiger partial charge is 0.101 e. The zero-order chi connectivity index (χ0) is 13.1. The molecule has 0 aliphatic heterocycles. The molecule has 2 aromatic rings. The van der Waals surface area contributed by atoms with Crippen molar-refractivity contribution < 1.29 is 0 Å². The average molecular weight is 302 g/mol. The maximum Gasteiger partial charge on any atom is 0.101 e. The maximum absolute atomic E-state index is 8.94. The Kier molecular flexibility index (Phi) is 3.54. The predicted molar refractivity (Wildman–Crippen MR) is 77.7 cm³/mol. The summed E-state index contributed by atoms with van der Waals surface area (Å²) in [7, 11) is 0. The summed E-state index contributed by atoms with van der Waals surface area (Å²) in [5, 5.41) is 12.2. The minimum absolute atomic E-state index is 0.472. The molecule has 0 saturated carbocycles. The summed E-state index contributed by atoms with van der Waals surface area (Å²) in [5.74, 6) is 0. The quantitative estimate of drug-likeness (QED) is 0.826. The van der Waals surface area contributed by atoms with Gasteiger partial charge in [-0.15, -0.1) is 0 Å². The Morgan fingerprint density at radius 3 is 2.72 bits per heavy atom. The topological polar surface area (TPSA) is 61.8 Å². The number of hydrogen-bond donors (Lipinski definition) is 2. The zero-order valence-electron chi connectivity index (χ0n) is 9.87. The number of hydrogen-bond acceptors (Lipinski definition) is 3. The highest BCUT2D eigenvalue weighted by atomic mass is 79.9. The second-order valence-electron chi connectivity index (χ2n) is 3.96.